The Morgan fingerprint density at radius 3 is 2.61 bits per heavy atom. The largest absolute Gasteiger partial charge is 0.320 e. The van der Waals surface area contributed by atoms with Gasteiger partial charge in [-0.05, 0) is 52.2 Å². The van der Waals surface area contributed by atoms with Crippen LogP contribution >= 0.6 is 15.9 Å². The van der Waals surface area contributed by atoms with Gasteiger partial charge in [-0.15, -0.1) is 0 Å². The molecule has 0 bridgehead atoms. The standard InChI is InChI=1S/C14H13BrN2O/c1-2-10-5-7-11(8-6-10)14(18)17-12-4-3-9-16-13(12)15/h3-9H,2H2,1H3,(H,17,18). The van der Waals surface area contributed by atoms with Gasteiger partial charge in [-0.3, -0.25) is 4.79 Å². The summed E-state index contributed by atoms with van der Waals surface area (Å²) in [4.78, 5) is 16.1. The normalized spacial score (nSPS) is 10.1. The highest BCUT2D eigenvalue weighted by molar-refractivity contribution is 9.10. The minimum atomic E-state index is -0.133. The zero-order chi connectivity index (χ0) is 13.0. The maximum absolute atomic E-state index is 12.0. The van der Waals surface area contributed by atoms with E-state index in [4.69, 9.17) is 0 Å². The van der Waals surface area contributed by atoms with E-state index in [2.05, 4.69) is 33.2 Å². The first-order chi connectivity index (χ1) is 8.70. The summed E-state index contributed by atoms with van der Waals surface area (Å²) in [5.74, 6) is -0.133. The topological polar surface area (TPSA) is 42.0 Å². The van der Waals surface area contributed by atoms with Crippen LogP contribution in [-0.4, -0.2) is 10.9 Å². The number of nitrogens with one attached hydrogen (secondary N) is 1. The summed E-state index contributed by atoms with van der Waals surface area (Å²) in [6.45, 7) is 2.09. The molecule has 1 amide bonds. The Hall–Kier alpha value is -1.68. The van der Waals surface area contributed by atoms with Gasteiger partial charge in [0.15, 0.2) is 0 Å². The molecule has 0 radical (unpaired) electrons. The Bertz CT molecular complexity index is 552. The molecule has 0 unspecified atom stereocenters. The van der Waals surface area contributed by atoms with Gasteiger partial charge in [0.25, 0.3) is 5.91 Å². The molecule has 0 saturated heterocycles. The average molecular weight is 305 g/mol. The molecule has 3 nitrogen and oxygen atoms in total. The van der Waals surface area contributed by atoms with Crippen LogP contribution in [0.1, 0.15) is 22.8 Å². The van der Waals surface area contributed by atoms with E-state index < -0.39 is 0 Å². The highest BCUT2D eigenvalue weighted by atomic mass is 79.9. The van der Waals surface area contributed by atoms with Gasteiger partial charge < -0.3 is 5.32 Å². The summed E-state index contributed by atoms with van der Waals surface area (Å²) in [5, 5.41) is 2.82. The van der Waals surface area contributed by atoms with Crippen LogP contribution in [0.3, 0.4) is 0 Å². The number of aromatic nitrogens is 1. The summed E-state index contributed by atoms with van der Waals surface area (Å²) in [6.07, 6.45) is 2.63. The van der Waals surface area contributed by atoms with Crippen LogP contribution < -0.4 is 5.32 Å². The summed E-state index contributed by atoms with van der Waals surface area (Å²) in [6, 6.07) is 11.2. The van der Waals surface area contributed by atoms with Crippen molar-refractivity contribution in [3.63, 3.8) is 0 Å². The second-order valence-electron chi connectivity index (χ2n) is 3.85. The molecular formula is C14H13BrN2O. The predicted octanol–water partition coefficient (Wildman–Crippen LogP) is 3.66. The number of hydrogen-bond acceptors (Lipinski definition) is 2. The molecule has 0 aliphatic carbocycles. The monoisotopic (exact) mass is 304 g/mol. The average Bonchev–Trinajstić information content (AvgIpc) is 2.41. The lowest BCUT2D eigenvalue weighted by Crippen LogP contribution is -2.12. The molecule has 1 N–H and O–H groups in total. The number of hydrogen-bond donors (Lipinski definition) is 1. The van der Waals surface area contributed by atoms with E-state index in [0.29, 0.717) is 15.9 Å². The molecule has 0 atom stereocenters. The van der Waals surface area contributed by atoms with Crippen LogP contribution in [-0.2, 0) is 6.42 Å². The summed E-state index contributed by atoms with van der Waals surface area (Å²) in [5.41, 5.74) is 2.53. The lowest BCUT2D eigenvalue weighted by Gasteiger charge is -2.06. The molecular weight excluding hydrogens is 292 g/mol. The third-order valence-electron chi connectivity index (χ3n) is 2.63. The zero-order valence-electron chi connectivity index (χ0n) is 9.98. The van der Waals surface area contributed by atoms with E-state index in [1.54, 1.807) is 18.3 Å². The predicted molar refractivity (Wildman–Crippen MR) is 75.7 cm³/mol. The van der Waals surface area contributed by atoms with Gasteiger partial charge in [0.2, 0.25) is 0 Å². The first-order valence-electron chi connectivity index (χ1n) is 5.71. The minimum Gasteiger partial charge on any atom is -0.320 e. The van der Waals surface area contributed by atoms with Crippen molar-refractivity contribution in [2.75, 3.05) is 5.32 Å². The molecule has 0 aliphatic heterocycles. The smallest absolute Gasteiger partial charge is 0.255 e. The van der Waals surface area contributed by atoms with E-state index in [0.717, 1.165) is 6.42 Å². The van der Waals surface area contributed by atoms with Crippen LogP contribution in [0.5, 0.6) is 0 Å². The quantitative estimate of drug-likeness (QED) is 0.879. The fourth-order valence-corrected chi connectivity index (χ4v) is 1.92. The Labute approximate surface area is 114 Å². The van der Waals surface area contributed by atoms with E-state index >= 15 is 0 Å². The third-order valence-corrected chi connectivity index (χ3v) is 3.26. The Kier molecular flexibility index (Phi) is 4.10. The van der Waals surface area contributed by atoms with Gasteiger partial charge in [0.1, 0.15) is 4.60 Å². The molecule has 1 heterocycles. The summed E-state index contributed by atoms with van der Waals surface area (Å²) < 4.78 is 0.628. The van der Waals surface area contributed by atoms with Gasteiger partial charge >= 0.3 is 0 Å². The maximum Gasteiger partial charge on any atom is 0.255 e. The van der Waals surface area contributed by atoms with E-state index in [1.807, 2.05) is 24.3 Å². The van der Waals surface area contributed by atoms with Crippen molar-refractivity contribution in [3.05, 3.63) is 58.3 Å². The number of rotatable bonds is 3. The fraction of sp³-hybridized carbons (Fsp3) is 0.143. The van der Waals surface area contributed by atoms with E-state index in [9.17, 15) is 4.79 Å². The van der Waals surface area contributed by atoms with Crippen LogP contribution in [0.25, 0.3) is 0 Å². The van der Waals surface area contributed by atoms with Crippen molar-refractivity contribution >= 4 is 27.5 Å². The molecule has 1 aromatic carbocycles. The van der Waals surface area contributed by atoms with E-state index in [1.165, 1.54) is 5.56 Å². The van der Waals surface area contributed by atoms with Crippen molar-refractivity contribution in [1.29, 1.82) is 0 Å². The van der Waals surface area contributed by atoms with Gasteiger partial charge in [0, 0.05) is 11.8 Å². The highest BCUT2D eigenvalue weighted by Gasteiger charge is 2.08. The van der Waals surface area contributed by atoms with Crippen LogP contribution in [0.4, 0.5) is 5.69 Å². The molecule has 0 spiro atoms. The van der Waals surface area contributed by atoms with Crippen LogP contribution in [0.15, 0.2) is 47.2 Å². The lowest BCUT2D eigenvalue weighted by atomic mass is 10.1. The number of anilines is 1. The third kappa shape index (κ3) is 2.96. The van der Waals surface area contributed by atoms with Crippen molar-refractivity contribution in [1.82, 2.24) is 4.98 Å². The minimum absolute atomic E-state index is 0.133. The molecule has 4 heteroatoms. The van der Waals surface area contributed by atoms with Crippen LogP contribution in [0, 0.1) is 0 Å². The lowest BCUT2D eigenvalue weighted by molar-refractivity contribution is 0.102. The van der Waals surface area contributed by atoms with Crippen molar-refractivity contribution in [3.8, 4) is 0 Å². The second kappa shape index (κ2) is 5.78. The Balaban J connectivity index is 2.14. The molecule has 92 valence electrons. The number of aryl methyl sites for hydroxylation is 1. The second-order valence-corrected chi connectivity index (χ2v) is 4.60. The number of benzene rings is 1. The molecule has 18 heavy (non-hydrogen) atoms. The first-order valence-corrected chi connectivity index (χ1v) is 6.51. The summed E-state index contributed by atoms with van der Waals surface area (Å²) in [7, 11) is 0. The van der Waals surface area contributed by atoms with Crippen molar-refractivity contribution in [2.24, 2.45) is 0 Å². The first kappa shape index (κ1) is 12.8. The van der Waals surface area contributed by atoms with Gasteiger partial charge in [-0.1, -0.05) is 19.1 Å². The molecule has 0 saturated carbocycles. The number of nitrogens with zero attached hydrogens (tertiary/aromatic N) is 1. The van der Waals surface area contributed by atoms with Gasteiger partial charge in [0.05, 0.1) is 5.69 Å². The van der Waals surface area contributed by atoms with Gasteiger partial charge in [-0.2, -0.15) is 0 Å². The van der Waals surface area contributed by atoms with Crippen molar-refractivity contribution in [2.45, 2.75) is 13.3 Å². The molecule has 2 aromatic rings. The Morgan fingerprint density at radius 1 is 1.28 bits per heavy atom. The fourth-order valence-electron chi connectivity index (χ4n) is 1.57. The number of carbonyl (C=O) groups is 1. The SMILES string of the molecule is CCc1ccc(C(=O)Nc2cccnc2Br)cc1. The summed E-state index contributed by atoms with van der Waals surface area (Å²) >= 11 is 3.29. The van der Waals surface area contributed by atoms with Crippen molar-refractivity contribution < 1.29 is 4.79 Å². The highest BCUT2D eigenvalue weighted by Crippen LogP contribution is 2.19. The Morgan fingerprint density at radius 2 is 2.00 bits per heavy atom. The van der Waals surface area contributed by atoms with Crippen LogP contribution in [0.2, 0.25) is 0 Å². The number of carbonyl (C=O) groups excluding carboxylic acids is 1. The maximum atomic E-state index is 12.0. The van der Waals surface area contributed by atoms with Gasteiger partial charge in [-0.25, -0.2) is 4.98 Å². The molecule has 0 aliphatic rings. The number of halogens is 1. The zero-order valence-corrected chi connectivity index (χ0v) is 11.6. The number of pyridine rings is 1. The number of amides is 1. The molecule has 0 fully saturated rings. The van der Waals surface area contributed by atoms with E-state index in [-0.39, 0.29) is 5.91 Å². The molecule has 2 rings (SSSR count). The molecule has 1 aromatic heterocycles.